The summed E-state index contributed by atoms with van der Waals surface area (Å²) in [6.45, 7) is 6.99. The third-order valence-electron chi connectivity index (χ3n) is 3.90. The Morgan fingerprint density at radius 3 is 2.54 bits per heavy atom. The van der Waals surface area contributed by atoms with Crippen molar-refractivity contribution in [1.82, 2.24) is 9.55 Å². The molecular weight excluding hydrogens is 308 g/mol. The van der Waals surface area contributed by atoms with Crippen molar-refractivity contribution < 1.29 is 14.3 Å². The molecule has 0 bridgehead atoms. The molecule has 0 N–H and O–H groups in total. The van der Waals surface area contributed by atoms with E-state index in [0.717, 1.165) is 5.56 Å². The molecule has 1 aliphatic rings. The lowest BCUT2D eigenvalue weighted by Gasteiger charge is -2.19. The van der Waals surface area contributed by atoms with E-state index < -0.39 is 11.7 Å². The summed E-state index contributed by atoms with van der Waals surface area (Å²) in [6, 6.07) is 9.46. The first kappa shape index (κ1) is 16.4. The van der Waals surface area contributed by atoms with E-state index in [1.54, 1.807) is 0 Å². The fraction of sp³-hybridized carbons (Fsp3) is 0.389. The number of hydrogen-bond acceptors (Lipinski definition) is 5. The summed E-state index contributed by atoms with van der Waals surface area (Å²) in [5.41, 5.74) is 1.96. The van der Waals surface area contributed by atoms with Gasteiger partial charge in [0.1, 0.15) is 0 Å². The minimum atomic E-state index is -0.770. The van der Waals surface area contributed by atoms with Crippen LogP contribution >= 0.6 is 0 Å². The molecule has 1 aromatic heterocycles. The van der Waals surface area contributed by atoms with Gasteiger partial charge in [0.2, 0.25) is 6.10 Å². The molecule has 1 aromatic carbocycles. The van der Waals surface area contributed by atoms with E-state index >= 15 is 0 Å². The van der Waals surface area contributed by atoms with Crippen molar-refractivity contribution in [2.24, 2.45) is 0 Å². The zero-order chi connectivity index (χ0) is 17.3. The van der Waals surface area contributed by atoms with Gasteiger partial charge in [-0.15, -0.1) is 0 Å². The van der Waals surface area contributed by atoms with Crippen molar-refractivity contribution in [3.8, 4) is 6.01 Å². The van der Waals surface area contributed by atoms with Crippen LogP contribution in [0.5, 0.6) is 6.01 Å². The minimum Gasteiger partial charge on any atom is -0.448 e. The number of rotatable bonds is 4. The predicted molar refractivity (Wildman–Crippen MR) is 88.3 cm³/mol. The Bertz CT molecular complexity index is 803. The Balaban J connectivity index is 1.56. The predicted octanol–water partition coefficient (Wildman–Crippen LogP) is 2.16. The smallest absolute Gasteiger partial charge is 0.307 e. The first-order valence-corrected chi connectivity index (χ1v) is 7.82. The van der Waals surface area contributed by atoms with E-state index in [2.05, 4.69) is 37.9 Å². The second kappa shape index (κ2) is 6.20. The molecule has 0 fully saturated rings. The fourth-order valence-electron chi connectivity index (χ4n) is 2.46. The highest BCUT2D eigenvalue weighted by Gasteiger charge is 2.32. The largest absolute Gasteiger partial charge is 0.448 e. The maximum Gasteiger partial charge on any atom is 0.307 e. The Labute approximate surface area is 140 Å². The number of nitrogens with zero attached hydrogens (tertiary/aromatic N) is 2. The molecule has 1 atom stereocenters. The molecule has 0 spiro atoms. The van der Waals surface area contributed by atoms with E-state index in [-0.39, 0.29) is 23.9 Å². The van der Waals surface area contributed by atoms with Gasteiger partial charge >= 0.3 is 6.01 Å². The molecule has 1 aliphatic heterocycles. The van der Waals surface area contributed by atoms with Gasteiger partial charge < -0.3 is 9.47 Å². The number of carbonyl (C=O) groups excluding carboxylic acids is 1. The van der Waals surface area contributed by atoms with Crippen LogP contribution in [-0.2, 0) is 16.8 Å². The number of hydrogen-bond donors (Lipinski definition) is 0. The van der Waals surface area contributed by atoms with Crippen molar-refractivity contribution in [3.05, 3.63) is 58.0 Å². The van der Waals surface area contributed by atoms with E-state index in [0.29, 0.717) is 6.61 Å². The fourth-order valence-corrected chi connectivity index (χ4v) is 2.46. The SMILES string of the molecule is CC(C)(C)c1ccc(COCC2Oc3nc(=O)ccn3C2=O)cc1. The van der Waals surface area contributed by atoms with E-state index in [9.17, 15) is 9.59 Å². The zero-order valence-corrected chi connectivity index (χ0v) is 14.0. The Hall–Kier alpha value is -2.47. The first-order valence-electron chi connectivity index (χ1n) is 7.82. The molecular formula is C18H20N2O4. The summed E-state index contributed by atoms with van der Waals surface area (Å²) in [5.74, 6) is -0.277. The van der Waals surface area contributed by atoms with Gasteiger partial charge in [0, 0.05) is 12.3 Å². The molecule has 0 radical (unpaired) electrons. The van der Waals surface area contributed by atoms with Crippen LogP contribution in [-0.4, -0.2) is 28.2 Å². The Kier molecular flexibility index (Phi) is 4.24. The summed E-state index contributed by atoms with van der Waals surface area (Å²) in [4.78, 5) is 27.0. The van der Waals surface area contributed by atoms with Crippen LogP contribution in [0.15, 0.2) is 41.3 Å². The molecule has 6 heteroatoms. The number of carbonyl (C=O) groups is 1. The van der Waals surface area contributed by atoms with Crippen LogP contribution in [0.3, 0.4) is 0 Å². The van der Waals surface area contributed by atoms with Crippen molar-refractivity contribution in [2.45, 2.75) is 38.9 Å². The van der Waals surface area contributed by atoms with Gasteiger partial charge in [-0.3, -0.25) is 9.59 Å². The highest BCUT2D eigenvalue weighted by molar-refractivity contribution is 5.86. The molecule has 0 saturated heterocycles. The molecule has 0 saturated carbocycles. The van der Waals surface area contributed by atoms with Crippen molar-refractivity contribution in [2.75, 3.05) is 6.61 Å². The van der Waals surface area contributed by atoms with Gasteiger partial charge in [-0.2, -0.15) is 4.98 Å². The molecule has 126 valence electrons. The second-order valence-corrected chi connectivity index (χ2v) is 6.83. The molecule has 2 heterocycles. The molecule has 3 rings (SSSR count). The van der Waals surface area contributed by atoms with Crippen molar-refractivity contribution >= 4 is 5.91 Å². The van der Waals surface area contributed by atoms with Crippen LogP contribution in [0.1, 0.15) is 36.7 Å². The second-order valence-electron chi connectivity index (χ2n) is 6.83. The standard InChI is InChI=1S/C18H20N2O4/c1-18(2,3)13-6-4-12(5-7-13)10-23-11-14-16(22)20-9-8-15(21)19-17(20)24-14/h4-9,14H,10-11H2,1-3H3. The molecule has 0 amide bonds. The maximum atomic E-state index is 12.1. The van der Waals surface area contributed by atoms with Gasteiger partial charge in [-0.25, -0.2) is 4.57 Å². The van der Waals surface area contributed by atoms with Gasteiger partial charge in [0.25, 0.3) is 11.5 Å². The third kappa shape index (κ3) is 3.38. The van der Waals surface area contributed by atoms with Gasteiger partial charge in [-0.1, -0.05) is 45.0 Å². The minimum absolute atomic E-state index is 0.0237. The van der Waals surface area contributed by atoms with E-state index in [1.165, 1.54) is 22.4 Å². The topological polar surface area (TPSA) is 70.4 Å². The quantitative estimate of drug-likeness (QED) is 0.860. The van der Waals surface area contributed by atoms with Crippen LogP contribution in [0.4, 0.5) is 0 Å². The summed E-state index contributed by atoms with van der Waals surface area (Å²) in [5, 5.41) is 0. The molecule has 2 aromatic rings. The van der Waals surface area contributed by atoms with Crippen molar-refractivity contribution in [3.63, 3.8) is 0 Å². The summed E-state index contributed by atoms with van der Waals surface area (Å²) >= 11 is 0. The Morgan fingerprint density at radius 2 is 1.88 bits per heavy atom. The van der Waals surface area contributed by atoms with Gasteiger partial charge in [-0.05, 0) is 16.5 Å². The number of aromatic nitrogens is 2. The molecule has 24 heavy (non-hydrogen) atoms. The van der Waals surface area contributed by atoms with Crippen LogP contribution < -0.4 is 10.3 Å². The lowest BCUT2D eigenvalue weighted by atomic mass is 9.87. The lowest BCUT2D eigenvalue weighted by Crippen LogP contribution is -2.28. The maximum absolute atomic E-state index is 12.1. The highest BCUT2D eigenvalue weighted by Crippen LogP contribution is 2.22. The average molecular weight is 328 g/mol. The molecule has 6 nitrogen and oxygen atoms in total. The van der Waals surface area contributed by atoms with Gasteiger partial charge in [0.15, 0.2) is 0 Å². The number of ether oxygens (including phenoxy) is 2. The average Bonchev–Trinajstić information content (AvgIpc) is 2.82. The number of fused-ring (bicyclic) bond motifs is 1. The third-order valence-corrected chi connectivity index (χ3v) is 3.90. The summed E-state index contributed by atoms with van der Waals surface area (Å²) < 4.78 is 12.2. The van der Waals surface area contributed by atoms with Crippen LogP contribution in [0.25, 0.3) is 0 Å². The summed E-state index contributed by atoms with van der Waals surface area (Å²) in [6.07, 6.45) is 0.603. The van der Waals surface area contributed by atoms with Gasteiger partial charge in [0.05, 0.1) is 13.2 Å². The highest BCUT2D eigenvalue weighted by atomic mass is 16.6. The normalized spacial score (nSPS) is 16.8. The van der Waals surface area contributed by atoms with Crippen LogP contribution in [0.2, 0.25) is 0 Å². The zero-order valence-electron chi connectivity index (χ0n) is 14.0. The lowest BCUT2D eigenvalue weighted by molar-refractivity contribution is 0.0414. The monoisotopic (exact) mass is 328 g/mol. The molecule has 0 aliphatic carbocycles. The number of benzene rings is 1. The molecule has 1 unspecified atom stereocenters. The van der Waals surface area contributed by atoms with Crippen molar-refractivity contribution in [1.29, 1.82) is 0 Å². The van der Waals surface area contributed by atoms with E-state index in [1.807, 2.05) is 12.1 Å². The first-order chi connectivity index (χ1) is 11.3. The Morgan fingerprint density at radius 1 is 1.17 bits per heavy atom. The summed E-state index contributed by atoms with van der Waals surface area (Å²) in [7, 11) is 0. The van der Waals surface area contributed by atoms with E-state index in [4.69, 9.17) is 9.47 Å². The van der Waals surface area contributed by atoms with Crippen LogP contribution in [0, 0.1) is 0 Å².